The zero-order valence-corrected chi connectivity index (χ0v) is 10.5. The SMILES string of the molecule is O=C(O)C1c2ccsc2CCN1Cc1ccco1. The van der Waals surface area contributed by atoms with Crippen LogP contribution in [0.2, 0.25) is 0 Å². The maximum Gasteiger partial charge on any atom is 0.325 e. The first-order chi connectivity index (χ1) is 8.75. The standard InChI is InChI=1S/C13H13NO3S/c15-13(16)12-10-4-7-18-11(10)3-5-14(12)8-9-2-1-6-17-9/h1-2,4,6-7,12H,3,5,8H2,(H,15,16). The Morgan fingerprint density at radius 1 is 1.56 bits per heavy atom. The molecule has 0 radical (unpaired) electrons. The largest absolute Gasteiger partial charge is 0.480 e. The van der Waals surface area contributed by atoms with Gasteiger partial charge in [0.1, 0.15) is 11.8 Å². The molecule has 5 heteroatoms. The summed E-state index contributed by atoms with van der Waals surface area (Å²) in [5, 5.41) is 11.4. The summed E-state index contributed by atoms with van der Waals surface area (Å²) in [6.45, 7) is 1.30. The Balaban J connectivity index is 1.89. The fraction of sp³-hybridized carbons (Fsp3) is 0.308. The number of thiophene rings is 1. The van der Waals surface area contributed by atoms with Crippen LogP contribution in [0.3, 0.4) is 0 Å². The van der Waals surface area contributed by atoms with Gasteiger partial charge in [0.25, 0.3) is 0 Å². The van der Waals surface area contributed by atoms with Crippen molar-refractivity contribution in [3.05, 3.63) is 46.0 Å². The molecule has 0 aliphatic carbocycles. The molecule has 2 aromatic heterocycles. The number of carboxylic acids is 1. The molecule has 1 N–H and O–H groups in total. The molecular formula is C13H13NO3S. The summed E-state index contributed by atoms with van der Waals surface area (Å²) in [6.07, 6.45) is 2.53. The molecule has 0 fully saturated rings. The molecule has 1 aliphatic rings. The van der Waals surface area contributed by atoms with Gasteiger partial charge in [0, 0.05) is 11.4 Å². The monoisotopic (exact) mass is 263 g/mol. The second kappa shape index (κ2) is 4.59. The van der Waals surface area contributed by atoms with E-state index < -0.39 is 12.0 Å². The number of nitrogens with zero attached hydrogens (tertiary/aromatic N) is 1. The third kappa shape index (κ3) is 1.95. The van der Waals surface area contributed by atoms with Gasteiger partial charge >= 0.3 is 5.97 Å². The Morgan fingerprint density at radius 3 is 3.17 bits per heavy atom. The molecule has 0 spiro atoms. The average Bonchev–Trinajstić information content (AvgIpc) is 2.98. The van der Waals surface area contributed by atoms with E-state index in [0.29, 0.717) is 6.54 Å². The zero-order valence-electron chi connectivity index (χ0n) is 9.70. The van der Waals surface area contributed by atoms with Crippen LogP contribution in [0.25, 0.3) is 0 Å². The Labute approximate surface area is 108 Å². The molecule has 3 heterocycles. The van der Waals surface area contributed by atoms with E-state index in [4.69, 9.17) is 4.42 Å². The van der Waals surface area contributed by atoms with E-state index >= 15 is 0 Å². The van der Waals surface area contributed by atoms with Gasteiger partial charge in [0.15, 0.2) is 0 Å². The molecule has 0 bridgehead atoms. The first-order valence-electron chi connectivity index (χ1n) is 5.81. The normalized spacial score (nSPS) is 19.7. The number of furan rings is 1. The lowest BCUT2D eigenvalue weighted by Gasteiger charge is -2.32. The number of carboxylic acid groups (broad SMARTS) is 1. The highest BCUT2D eigenvalue weighted by atomic mass is 32.1. The lowest BCUT2D eigenvalue weighted by atomic mass is 10.00. The third-order valence-electron chi connectivity index (χ3n) is 3.24. The van der Waals surface area contributed by atoms with E-state index in [2.05, 4.69) is 0 Å². The molecule has 1 unspecified atom stereocenters. The van der Waals surface area contributed by atoms with Crippen molar-refractivity contribution in [2.24, 2.45) is 0 Å². The summed E-state index contributed by atoms with van der Waals surface area (Å²) in [7, 11) is 0. The number of carbonyl (C=O) groups is 1. The van der Waals surface area contributed by atoms with Crippen molar-refractivity contribution in [3.8, 4) is 0 Å². The third-order valence-corrected chi connectivity index (χ3v) is 4.24. The van der Waals surface area contributed by atoms with Gasteiger partial charge in [-0.05, 0) is 35.6 Å². The van der Waals surface area contributed by atoms with E-state index in [9.17, 15) is 9.90 Å². The van der Waals surface area contributed by atoms with Crippen LogP contribution in [-0.2, 0) is 17.8 Å². The smallest absolute Gasteiger partial charge is 0.325 e. The minimum absolute atomic E-state index is 0.541. The van der Waals surface area contributed by atoms with Crippen molar-refractivity contribution in [1.82, 2.24) is 4.90 Å². The Bertz CT molecular complexity index is 546. The van der Waals surface area contributed by atoms with Crippen molar-refractivity contribution in [3.63, 3.8) is 0 Å². The Kier molecular flexibility index (Phi) is 2.93. The van der Waals surface area contributed by atoms with Crippen molar-refractivity contribution in [2.75, 3.05) is 6.54 Å². The van der Waals surface area contributed by atoms with Crippen LogP contribution in [0.1, 0.15) is 22.2 Å². The van der Waals surface area contributed by atoms with Crippen LogP contribution in [-0.4, -0.2) is 22.5 Å². The Morgan fingerprint density at radius 2 is 2.44 bits per heavy atom. The summed E-state index contributed by atoms with van der Waals surface area (Å²) >= 11 is 1.64. The molecule has 0 aromatic carbocycles. The minimum atomic E-state index is -0.791. The van der Waals surface area contributed by atoms with Crippen LogP contribution in [0.4, 0.5) is 0 Å². The lowest BCUT2D eigenvalue weighted by Crippen LogP contribution is -2.38. The number of hydrogen-bond donors (Lipinski definition) is 1. The molecule has 1 aliphatic heterocycles. The second-order valence-corrected chi connectivity index (χ2v) is 5.34. The summed E-state index contributed by atoms with van der Waals surface area (Å²) in [6, 6.07) is 5.07. The first kappa shape index (κ1) is 11.5. The molecule has 2 aromatic rings. The van der Waals surface area contributed by atoms with Gasteiger partial charge in [-0.25, -0.2) is 0 Å². The number of hydrogen-bond acceptors (Lipinski definition) is 4. The maximum absolute atomic E-state index is 11.5. The van der Waals surface area contributed by atoms with Crippen LogP contribution in [0.5, 0.6) is 0 Å². The topological polar surface area (TPSA) is 53.7 Å². The summed E-state index contributed by atoms with van der Waals surface area (Å²) in [5.74, 6) is 0.0147. The van der Waals surface area contributed by atoms with E-state index in [1.807, 2.05) is 28.5 Å². The van der Waals surface area contributed by atoms with Gasteiger partial charge in [0.05, 0.1) is 12.8 Å². The van der Waals surface area contributed by atoms with Crippen LogP contribution in [0, 0.1) is 0 Å². The van der Waals surface area contributed by atoms with Gasteiger partial charge < -0.3 is 9.52 Å². The number of rotatable bonds is 3. The van der Waals surface area contributed by atoms with Crippen LogP contribution < -0.4 is 0 Å². The minimum Gasteiger partial charge on any atom is -0.480 e. The highest BCUT2D eigenvalue weighted by Crippen LogP contribution is 2.34. The van der Waals surface area contributed by atoms with Crippen molar-refractivity contribution >= 4 is 17.3 Å². The predicted molar refractivity (Wildman–Crippen MR) is 67.5 cm³/mol. The summed E-state index contributed by atoms with van der Waals surface area (Å²) in [5.41, 5.74) is 0.935. The van der Waals surface area contributed by atoms with Gasteiger partial charge in [-0.1, -0.05) is 0 Å². The maximum atomic E-state index is 11.5. The van der Waals surface area contributed by atoms with E-state index in [-0.39, 0.29) is 0 Å². The predicted octanol–water partition coefficient (Wildman–Crippen LogP) is 2.53. The molecule has 0 saturated heterocycles. The first-order valence-corrected chi connectivity index (χ1v) is 6.69. The molecule has 0 saturated carbocycles. The number of fused-ring (bicyclic) bond motifs is 1. The molecule has 4 nitrogen and oxygen atoms in total. The second-order valence-electron chi connectivity index (χ2n) is 4.34. The molecule has 94 valence electrons. The summed E-state index contributed by atoms with van der Waals surface area (Å²) in [4.78, 5) is 14.6. The molecule has 1 atom stereocenters. The highest BCUT2D eigenvalue weighted by molar-refractivity contribution is 7.10. The van der Waals surface area contributed by atoms with Crippen molar-refractivity contribution in [2.45, 2.75) is 19.0 Å². The van der Waals surface area contributed by atoms with Crippen LogP contribution >= 0.6 is 11.3 Å². The van der Waals surface area contributed by atoms with Gasteiger partial charge in [0.2, 0.25) is 0 Å². The van der Waals surface area contributed by atoms with E-state index in [0.717, 1.165) is 24.3 Å². The van der Waals surface area contributed by atoms with E-state index in [1.54, 1.807) is 17.6 Å². The van der Waals surface area contributed by atoms with Gasteiger partial charge in [-0.3, -0.25) is 9.69 Å². The highest BCUT2D eigenvalue weighted by Gasteiger charge is 2.33. The average molecular weight is 263 g/mol. The quantitative estimate of drug-likeness (QED) is 0.924. The lowest BCUT2D eigenvalue weighted by molar-refractivity contribution is -0.144. The number of aliphatic carboxylic acids is 1. The summed E-state index contributed by atoms with van der Waals surface area (Å²) < 4.78 is 5.30. The molecule has 0 amide bonds. The van der Waals surface area contributed by atoms with Crippen molar-refractivity contribution in [1.29, 1.82) is 0 Å². The molecule has 18 heavy (non-hydrogen) atoms. The molecular weight excluding hydrogens is 250 g/mol. The molecule has 3 rings (SSSR count). The fourth-order valence-electron chi connectivity index (χ4n) is 2.43. The Hall–Kier alpha value is -1.59. The van der Waals surface area contributed by atoms with E-state index in [1.165, 1.54) is 4.88 Å². The van der Waals surface area contributed by atoms with Gasteiger partial charge in [-0.2, -0.15) is 0 Å². The van der Waals surface area contributed by atoms with Crippen molar-refractivity contribution < 1.29 is 14.3 Å². The van der Waals surface area contributed by atoms with Gasteiger partial charge in [-0.15, -0.1) is 11.3 Å². The zero-order chi connectivity index (χ0) is 12.5. The fourth-order valence-corrected chi connectivity index (χ4v) is 3.33. The van der Waals surface area contributed by atoms with Crippen LogP contribution in [0.15, 0.2) is 34.3 Å².